The smallest absolute Gasteiger partial charge is 0.142 e. The van der Waals surface area contributed by atoms with Gasteiger partial charge in [0.2, 0.25) is 0 Å². The summed E-state index contributed by atoms with van der Waals surface area (Å²) in [6.07, 6.45) is 2.00. The Bertz CT molecular complexity index is 496. The number of para-hydroxylation sites is 2. The van der Waals surface area contributed by atoms with Gasteiger partial charge < -0.3 is 10.5 Å². The first-order chi connectivity index (χ1) is 8.75. The zero-order chi connectivity index (χ0) is 12.8. The van der Waals surface area contributed by atoms with Crippen molar-refractivity contribution in [3.63, 3.8) is 0 Å². The highest BCUT2D eigenvalue weighted by molar-refractivity contribution is 9.10. The third kappa shape index (κ3) is 3.77. The lowest BCUT2D eigenvalue weighted by Gasteiger charge is -2.08. The van der Waals surface area contributed by atoms with Crippen molar-refractivity contribution in [3.05, 3.63) is 58.6 Å². The molecule has 2 rings (SSSR count). The molecule has 2 aromatic rings. The fourth-order valence-corrected chi connectivity index (χ4v) is 1.99. The Morgan fingerprint density at radius 3 is 2.44 bits per heavy atom. The Labute approximate surface area is 116 Å². The Morgan fingerprint density at radius 1 is 1.00 bits per heavy atom. The lowest BCUT2D eigenvalue weighted by atomic mass is 10.1. The Hall–Kier alpha value is -1.48. The van der Waals surface area contributed by atoms with Gasteiger partial charge in [0.1, 0.15) is 5.75 Å². The minimum absolute atomic E-state index is 0.685. The summed E-state index contributed by atoms with van der Waals surface area (Å²) in [4.78, 5) is 0. The number of anilines is 1. The van der Waals surface area contributed by atoms with E-state index in [1.165, 1.54) is 5.56 Å². The molecule has 0 saturated carbocycles. The van der Waals surface area contributed by atoms with E-state index in [-0.39, 0.29) is 0 Å². The zero-order valence-electron chi connectivity index (χ0n) is 10.1. The molecular weight excluding hydrogens is 290 g/mol. The molecule has 0 fully saturated rings. The summed E-state index contributed by atoms with van der Waals surface area (Å²) < 4.78 is 6.76. The van der Waals surface area contributed by atoms with Crippen molar-refractivity contribution < 1.29 is 4.74 Å². The van der Waals surface area contributed by atoms with E-state index in [4.69, 9.17) is 10.5 Å². The fourth-order valence-electron chi connectivity index (χ4n) is 1.72. The molecule has 0 aliphatic rings. The molecule has 0 aliphatic heterocycles. The first kappa shape index (κ1) is 13.0. The van der Waals surface area contributed by atoms with E-state index in [1.807, 2.05) is 24.3 Å². The number of ether oxygens (including phenoxy) is 1. The summed E-state index contributed by atoms with van der Waals surface area (Å²) in [7, 11) is 0. The second-order valence-corrected chi connectivity index (χ2v) is 5.03. The lowest BCUT2D eigenvalue weighted by molar-refractivity contribution is 0.312. The van der Waals surface area contributed by atoms with Crippen molar-refractivity contribution >= 4 is 21.6 Å². The third-order valence-corrected chi connectivity index (χ3v) is 3.23. The van der Waals surface area contributed by atoms with Gasteiger partial charge in [-0.2, -0.15) is 0 Å². The van der Waals surface area contributed by atoms with Gasteiger partial charge in [-0.25, -0.2) is 0 Å². The van der Waals surface area contributed by atoms with Crippen LogP contribution in [0.25, 0.3) is 0 Å². The van der Waals surface area contributed by atoms with E-state index in [0.29, 0.717) is 12.3 Å². The van der Waals surface area contributed by atoms with E-state index >= 15 is 0 Å². The Morgan fingerprint density at radius 2 is 1.72 bits per heavy atom. The number of rotatable bonds is 5. The van der Waals surface area contributed by atoms with Gasteiger partial charge in [-0.3, -0.25) is 0 Å². The molecule has 18 heavy (non-hydrogen) atoms. The lowest BCUT2D eigenvalue weighted by Crippen LogP contribution is -2.01. The highest BCUT2D eigenvalue weighted by Gasteiger charge is 1.98. The van der Waals surface area contributed by atoms with E-state index in [2.05, 4.69) is 40.2 Å². The van der Waals surface area contributed by atoms with Crippen LogP contribution in [0.15, 0.2) is 53.0 Å². The van der Waals surface area contributed by atoms with Crippen molar-refractivity contribution in [3.8, 4) is 5.75 Å². The number of nitrogens with two attached hydrogens (primary N) is 1. The number of halogens is 1. The maximum absolute atomic E-state index is 5.80. The largest absolute Gasteiger partial charge is 0.491 e. The molecule has 0 unspecified atom stereocenters. The fraction of sp³-hybridized carbons (Fsp3) is 0.200. The molecule has 0 aromatic heterocycles. The molecule has 0 radical (unpaired) electrons. The maximum atomic E-state index is 5.80. The average Bonchev–Trinajstić information content (AvgIpc) is 2.39. The minimum atomic E-state index is 0.685. The molecule has 2 aromatic carbocycles. The number of aryl methyl sites for hydroxylation is 1. The van der Waals surface area contributed by atoms with Gasteiger partial charge in [-0.15, -0.1) is 0 Å². The van der Waals surface area contributed by atoms with Gasteiger partial charge in [-0.05, 0) is 42.7 Å². The molecule has 0 saturated heterocycles. The Balaban J connectivity index is 1.76. The number of nitrogen functional groups attached to an aromatic ring is 1. The summed E-state index contributed by atoms with van der Waals surface area (Å²) in [5, 5.41) is 0. The van der Waals surface area contributed by atoms with Gasteiger partial charge >= 0.3 is 0 Å². The van der Waals surface area contributed by atoms with Crippen LogP contribution in [0.5, 0.6) is 5.75 Å². The van der Waals surface area contributed by atoms with Crippen LogP contribution >= 0.6 is 15.9 Å². The number of hydrogen-bond acceptors (Lipinski definition) is 2. The number of benzene rings is 2. The second kappa shape index (κ2) is 6.45. The molecule has 94 valence electrons. The molecule has 0 bridgehead atoms. The first-order valence-corrected chi connectivity index (χ1v) is 6.77. The topological polar surface area (TPSA) is 35.2 Å². The molecule has 0 atom stereocenters. The highest BCUT2D eigenvalue weighted by Crippen LogP contribution is 2.20. The highest BCUT2D eigenvalue weighted by atomic mass is 79.9. The SMILES string of the molecule is Nc1ccccc1OCCCc1ccc(Br)cc1. The molecule has 0 aliphatic carbocycles. The second-order valence-electron chi connectivity index (χ2n) is 4.12. The molecule has 3 heteroatoms. The monoisotopic (exact) mass is 305 g/mol. The quantitative estimate of drug-likeness (QED) is 0.668. The van der Waals surface area contributed by atoms with Crippen LogP contribution in [0.2, 0.25) is 0 Å². The van der Waals surface area contributed by atoms with Crippen LogP contribution in [-0.4, -0.2) is 6.61 Å². The molecule has 2 nitrogen and oxygen atoms in total. The van der Waals surface area contributed by atoms with E-state index in [1.54, 1.807) is 0 Å². The number of hydrogen-bond donors (Lipinski definition) is 1. The van der Waals surface area contributed by atoms with Crippen LogP contribution in [-0.2, 0) is 6.42 Å². The normalized spacial score (nSPS) is 10.3. The van der Waals surface area contributed by atoms with Crippen molar-refractivity contribution in [2.75, 3.05) is 12.3 Å². The van der Waals surface area contributed by atoms with Crippen LogP contribution in [0, 0.1) is 0 Å². The summed E-state index contributed by atoms with van der Waals surface area (Å²) in [6, 6.07) is 16.0. The molecule has 2 N–H and O–H groups in total. The molecule has 0 amide bonds. The van der Waals surface area contributed by atoms with E-state index in [9.17, 15) is 0 Å². The molecule has 0 heterocycles. The zero-order valence-corrected chi connectivity index (χ0v) is 11.7. The first-order valence-electron chi connectivity index (χ1n) is 5.97. The van der Waals surface area contributed by atoms with Crippen molar-refractivity contribution in [1.29, 1.82) is 0 Å². The summed E-state index contributed by atoms with van der Waals surface area (Å²) in [5.41, 5.74) is 7.82. The van der Waals surface area contributed by atoms with Crippen molar-refractivity contribution in [1.82, 2.24) is 0 Å². The predicted octanol–water partition coefficient (Wildman–Crippen LogP) is 4.04. The summed E-state index contributed by atoms with van der Waals surface area (Å²) in [5.74, 6) is 0.772. The van der Waals surface area contributed by atoms with Gasteiger partial charge in [0.15, 0.2) is 0 Å². The maximum Gasteiger partial charge on any atom is 0.142 e. The van der Waals surface area contributed by atoms with Crippen LogP contribution in [0.4, 0.5) is 5.69 Å². The van der Waals surface area contributed by atoms with Crippen LogP contribution in [0.1, 0.15) is 12.0 Å². The van der Waals surface area contributed by atoms with Gasteiger partial charge in [-0.1, -0.05) is 40.2 Å². The third-order valence-electron chi connectivity index (χ3n) is 2.70. The van der Waals surface area contributed by atoms with Crippen LogP contribution < -0.4 is 10.5 Å². The van der Waals surface area contributed by atoms with Gasteiger partial charge in [0.25, 0.3) is 0 Å². The average molecular weight is 306 g/mol. The molecule has 0 spiro atoms. The predicted molar refractivity (Wildman–Crippen MR) is 78.8 cm³/mol. The van der Waals surface area contributed by atoms with E-state index in [0.717, 1.165) is 23.1 Å². The Kier molecular flexibility index (Phi) is 4.65. The minimum Gasteiger partial charge on any atom is -0.491 e. The van der Waals surface area contributed by atoms with Crippen molar-refractivity contribution in [2.24, 2.45) is 0 Å². The van der Waals surface area contributed by atoms with E-state index < -0.39 is 0 Å². The van der Waals surface area contributed by atoms with Crippen LogP contribution in [0.3, 0.4) is 0 Å². The summed E-state index contributed by atoms with van der Waals surface area (Å²) in [6.45, 7) is 0.685. The summed E-state index contributed by atoms with van der Waals surface area (Å²) >= 11 is 3.43. The molecular formula is C15H16BrNO. The van der Waals surface area contributed by atoms with Gasteiger partial charge in [0, 0.05) is 4.47 Å². The standard InChI is InChI=1S/C15H16BrNO/c16-13-9-7-12(8-10-13)4-3-11-18-15-6-2-1-5-14(15)17/h1-2,5-10H,3-4,11,17H2. The van der Waals surface area contributed by atoms with Gasteiger partial charge in [0.05, 0.1) is 12.3 Å². The van der Waals surface area contributed by atoms with Crippen molar-refractivity contribution in [2.45, 2.75) is 12.8 Å².